The summed E-state index contributed by atoms with van der Waals surface area (Å²) in [5.41, 5.74) is 0. The predicted octanol–water partition coefficient (Wildman–Crippen LogP) is 17.9. The monoisotopic (exact) mass is 915 g/mol. The SMILES string of the molecule is CC/C=C\C/C=C\C/C=C\C/C=C\C/C=C\C/C=C\C/C=C\CCCC(=O)OCC(COC(=O)CCCCCCCCCCC)OC(=O)CCCCCCC/C=C\C/C=C\CCCCCC. The second-order valence-corrected chi connectivity index (χ2v) is 17.4. The molecule has 0 aliphatic rings. The molecule has 0 rings (SSSR count). The van der Waals surface area contributed by atoms with Gasteiger partial charge in [0.2, 0.25) is 0 Å². The van der Waals surface area contributed by atoms with E-state index >= 15 is 0 Å². The van der Waals surface area contributed by atoms with E-state index in [9.17, 15) is 14.4 Å². The summed E-state index contributed by atoms with van der Waals surface area (Å²) in [7, 11) is 0. The topological polar surface area (TPSA) is 78.9 Å². The molecule has 0 fully saturated rings. The van der Waals surface area contributed by atoms with Crippen molar-refractivity contribution in [3.63, 3.8) is 0 Å². The molecule has 0 aromatic rings. The van der Waals surface area contributed by atoms with Gasteiger partial charge in [0, 0.05) is 19.3 Å². The lowest BCUT2D eigenvalue weighted by atomic mass is 10.1. The maximum Gasteiger partial charge on any atom is 0.306 e. The molecule has 0 aliphatic heterocycles. The number of esters is 3. The number of hydrogen-bond acceptors (Lipinski definition) is 6. The van der Waals surface area contributed by atoms with Crippen LogP contribution in [0.25, 0.3) is 0 Å². The number of carbonyl (C=O) groups is 3. The standard InChI is InChI=1S/C60H98O6/c1-4-7-10-13-16-19-21-23-25-27-28-29-30-31-32-33-35-36-38-41-44-47-50-53-59(62)65-56-57(55-64-58(61)52-49-46-43-40-18-15-12-9-6-3)66-60(63)54-51-48-45-42-39-37-34-26-24-22-20-17-14-11-8-5-2/h7,10,16,19-20,22-23,25-26,28-29,31-32,34-36,41,44,57H,4-6,8-9,11-15,17-18,21,24,27,30,33,37-40,42-43,45-56H2,1-3H3/b10-7-,19-16-,22-20-,25-23-,29-28-,32-31-,34-26-,36-35-,44-41-. The van der Waals surface area contributed by atoms with Gasteiger partial charge in [0.05, 0.1) is 0 Å². The molecular weight excluding hydrogens is 817 g/mol. The minimum atomic E-state index is -0.808. The molecule has 1 atom stereocenters. The predicted molar refractivity (Wildman–Crippen MR) is 283 cm³/mol. The molecular formula is C60H98O6. The zero-order valence-electron chi connectivity index (χ0n) is 42.7. The van der Waals surface area contributed by atoms with Gasteiger partial charge in [0.1, 0.15) is 13.2 Å². The van der Waals surface area contributed by atoms with Gasteiger partial charge in [0.25, 0.3) is 0 Å². The average molecular weight is 915 g/mol. The number of carbonyl (C=O) groups excluding carboxylic acids is 3. The Kier molecular flexibility index (Phi) is 50.5. The van der Waals surface area contributed by atoms with E-state index in [1.165, 1.54) is 70.6 Å². The Morgan fingerprint density at radius 1 is 0.318 bits per heavy atom. The van der Waals surface area contributed by atoms with Crippen LogP contribution in [0, 0.1) is 0 Å². The van der Waals surface area contributed by atoms with Crippen molar-refractivity contribution < 1.29 is 28.6 Å². The normalized spacial score (nSPS) is 13.0. The Hall–Kier alpha value is -3.93. The highest BCUT2D eigenvalue weighted by molar-refractivity contribution is 5.71. The summed E-state index contributed by atoms with van der Waals surface area (Å²) in [5.74, 6) is -0.985. The summed E-state index contributed by atoms with van der Waals surface area (Å²) in [6, 6.07) is 0. The molecule has 0 aliphatic carbocycles. The first-order chi connectivity index (χ1) is 32.5. The van der Waals surface area contributed by atoms with E-state index in [4.69, 9.17) is 14.2 Å². The van der Waals surface area contributed by atoms with E-state index in [0.717, 1.165) is 116 Å². The number of hydrogen-bond donors (Lipinski definition) is 0. The van der Waals surface area contributed by atoms with Crippen molar-refractivity contribution in [1.82, 2.24) is 0 Å². The smallest absolute Gasteiger partial charge is 0.306 e. The van der Waals surface area contributed by atoms with Crippen molar-refractivity contribution in [1.29, 1.82) is 0 Å². The third-order valence-electron chi connectivity index (χ3n) is 11.0. The molecule has 0 heterocycles. The molecule has 0 radical (unpaired) electrons. The van der Waals surface area contributed by atoms with Crippen molar-refractivity contribution in [2.24, 2.45) is 0 Å². The summed E-state index contributed by atoms with van der Waals surface area (Å²) < 4.78 is 16.7. The van der Waals surface area contributed by atoms with Gasteiger partial charge in [-0.2, -0.15) is 0 Å². The minimum absolute atomic E-state index is 0.102. The van der Waals surface area contributed by atoms with Crippen LogP contribution < -0.4 is 0 Å². The number of rotatable bonds is 47. The summed E-state index contributed by atoms with van der Waals surface area (Å²) in [5, 5.41) is 0. The lowest BCUT2D eigenvalue weighted by Crippen LogP contribution is -2.30. The Balaban J connectivity index is 4.44. The molecule has 0 aromatic heterocycles. The number of ether oxygens (including phenoxy) is 3. The fourth-order valence-electron chi connectivity index (χ4n) is 6.99. The van der Waals surface area contributed by atoms with Gasteiger partial charge in [-0.05, 0) is 103 Å². The zero-order valence-corrected chi connectivity index (χ0v) is 42.7. The highest BCUT2D eigenvalue weighted by Gasteiger charge is 2.19. The number of unbranched alkanes of at least 4 members (excludes halogenated alkanes) is 18. The van der Waals surface area contributed by atoms with Crippen molar-refractivity contribution in [3.8, 4) is 0 Å². The molecule has 6 nitrogen and oxygen atoms in total. The van der Waals surface area contributed by atoms with Crippen LogP contribution in [0.1, 0.15) is 233 Å². The molecule has 0 saturated carbocycles. The van der Waals surface area contributed by atoms with Crippen molar-refractivity contribution in [2.75, 3.05) is 13.2 Å². The fraction of sp³-hybridized carbons (Fsp3) is 0.650. The molecule has 0 amide bonds. The highest BCUT2D eigenvalue weighted by atomic mass is 16.6. The molecule has 1 unspecified atom stereocenters. The zero-order chi connectivity index (χ0) is 47.9. The average Bonchev–Trinajstić information content (AvgIpc) is 3.31. The third kappa shape index (κ3) is 51.1. The van der Waals surface area contributed by atoms with Gasteiger partial charge >= 0.3 is 17.9 Å². The largest absolute Gasteiger partial charge is 0.462 e. The summed E-state index contributed by atoms with van der Waals surface area (Å²) in [6.07, 6.45) is 72.3. The molecule has 0 spiro atoms. The fourth-order valence-corrected chi connectivity index (χ4v) is 6.99. The van der Waals surface area contributed by atoms with E-state index in [1.54, 1.807) is 0 Å². The Bertz CT molecular complexity index is 1370. The van der Waals surface area contributed by atoms with Gasteiger partial charge in [-0.1, -0.05) is 220 Å². The van der Waals surface area contributed by atoms with Gasteiger partial charge in [-0.25, -0.2) is 0 Å². The summed E-state index contributed by atoms with van der Waals surface area (Å²) >= 11 is 0. The maximum atomic E-state index is 12.8. The van der Waals surface area contributed by atoms with E-state index < -0.39 is 6.10 Å². The molecule has 6 heteroatoms. The van der Waals surface area contributed by atoms with E-state index in [2.05, 4.69) is 130 Å². The van der Waals surface area contributed by atoms with Crippen LogP contribution in [0.4, 0.5) is 0 Å². The van der Waals surface area contributed by atoms with E-state index in [0.29, 0.717) is 19.3 Å². The second kappa shape index (κ2) is 53.7. The quantitative estimate of drug-likeness (QED) is 0.0262. The molecule has 374 valence electrons. The minimum Gasteiger partial charge on any atom is -0.462 e. The molecule has 0 bridgehead atoms. The molecule has 0 aromatic carbocycles. The van der Waals surface area contributed by atoms with Gasteiger partial charge in [0.15, 0.2) is 6.10 Å². The second-order valence-electron chi connectivity index (χ2n) is 17.4. The van der Waals surface area contributed by atoms with Gasteiger partial charge in [-0.15, -0.1) is 0 Å². The van der Waals surface area contributed by atoms with Crippen molar-refractivity contribution in [3.05, 3.63) is 109 Å². The first-order valence-corrected chi connectivity index (χ1v) is 26.9. The maximum absolute atomic E-state index is 12.8. The number of allylic oxidation sites excluding steroid dienone is 18. The lowest BCUT2D eigenvalue weighted by molar-refractivity contribution is -0.167. The summed E-state index contributed by atoms with van der Waals surface area (Å²) in [4.78, 5) is 37.9. The van der Waals surface area contributed by atoms with Crippen LogP contribution in [0.15, 0.2) is 109 Å². The van der Waals surface area contributed by atoms with Crippen LogP contribution >= 0.6 is 0 Å². The van der Waals surface area contributed by atoms with Gasteiger partial charge in [-0.3, -0.25) is 14.4 Å². The van der Waals surface area contributed by atoms with Crippen LogP contribution in [-0.4, -0.2) is 37.2 Å². The van der Waals surface area contributed by atoms with E-state index in [1.807, 2.05) is 0 Å². The van der Waals surface area contributed by atoms with Gasteiger partial charge < -0.3 is 14.2 Å². The first-order valence-electron chi connectivity index (χ1n) is 26.9. The molecule has 0 saturated heterocycles. The Morgan fingerprint density at radius 3 is 1.00 bits per heavy atom. The Labute approximate surface area is 406 Å². The first kappa shape index (κ1) is 62.1. The van der Waals surface area contributed by atoms with Crippen molar-refractivity contribution >= 4 is 17.9 Å². The van der Waals surface area contributed by atoms with E-state index in [-0.39, 0.29) is 37.5 Å². The van der Waals surface area contributed by atoms with Crippen molar-refractivity contribution in [2.45, 2.75) is 239 Å². The lowest BCUT2D eigenvalue weighted by Gasteiger charge is -2.18. The van der Waals surface area contributed by atoms with Crippen LogP contribution in [0.2, 0.25) is 0 Å². The molecule has 66 heavy (non-hydrogen) atoms. The van der Waals surface area contributed by atoms with Crippen LogP contribution in [0.3, 0.4) is 0 Å². The Morgan fingerprint density at radius 2 is 0.606 bits per heavy atom. The molecule has 0 N–H and O–H groups in total. The highest BCUT2D eigenvalue weighted by Crippen LogP contribution is 2.13. The summed E-state index contributed by atoms with van der Waals surface area (Å²) in [6.45, 7) is 6.42. The third-order valence-corrected chi connectivity index (χ3v) is 11.0. The van der Waals surface area contributed by atoms with Crippen LogP contribution in [0.5, 0.6) is 0 Å². The van der Waals surface area contributed by atoms with Crippen LogP contribution in [-0.2, 0) is 28.6 Å².